The summed E-state index contributed by atoms with van der Waals surface area (Å²) in [4.78, 5) is 28.5. The van der Waals surface area contributed by atoms with Crippen molar-refractivity contribution < 1.29 is 14.0 Å². The molecule has 1 heterocycles. The molecule has 0 bridgehead atoms. The van der Waals surface area contributed by atoms with Crippen molar-refractivity contribution in [2.45, 2.75) is 13.0 Å². The maximum absolute atomic E-state index is 12.9. The third kappa shape index (κ3) is 6.95. The standard InChI is InChI=1S/C21H25FN4O2.2ClH/c1-15-2-4-16(5-3-15)20(23)21(28)26-12-10-25(11-13-26)14-19(27)24-18-8-6-17(22)7-9-18;;/h2-9,20H,10-14,23H2,1H3,(H,24,27);2*1H. The van der Waals surface area contributed by atoms with Crippen molar-refractivity contribution in [1.82, 2.24) is 9.80 Å². The lowest BCUT2D eigenvalue weighted by Gasteiger charge is -2.35. The molecule has 1 saturated heterocycles. The van der Waals surface area contributed by atoms with Gasteiger partial charge < -0.3 is 16.0 Å². The number of benzene rings is 2. The highest BCUT2D eigenvalue weighted by atomic mass is 35.5. The number of nitrogens with one attached hydrogen (secondary N) is 1. The highest BCUT2D eigenvalue weighted by molar-refractivity contribution is 5.92. The molecule has 0 spiro atoms. The van der Waals surface area contributed by atoms with Gasteiger partial charge in [-0.05, 0) is 36.8 Å². The van der Waals surface area contributed by atoms with Gasteiger partial charge in [-0.1, -0.05) is 29.8 Å². The topological polar surface area (TPSA) is 78.7 Å². The fourth-order valence-electron chi connectivity index (χ4n) is 3.18. The predicted octanol–water partition coefficient (Wildman–Crippen LogP) is 2.76. The molecule has 1 fully saturated rings. The van der Waals surface area contributed by atoms with Crippen molar-refractivity contribution >= 4 is 42.3 Å². The number of carbonyl (C=O) groups is 2. The Morgan fingerprint density at radius 1 is 1.00 bits per heavy atom. The van der Waals surface area contributed by atoms with Crippen LogP contribution >= 0.6 is 24.8 Å². The van der Waals surface area contributed by atoms with Gasteiger partial charge >= 0.3 is 0 Å². The van der Waals surface area contributed by atoms with Gasteiger partial charge in [-0.2, -0.15) is 0 Å². The van der Waals surface area contributed by atoms with E-state index in [0.717, 1.165) is 11.1 Å². The Labute approximate surface area is 188 Å². The molecule has 3 N–H and O–H groups in total. The lowest BCUT2D eigenvalue weighted by molar-refractivity contribution is -0.134. The van der Waals surface area contributed by atoms with Crippen molar-refractivity contribution in [2.75, 3.05) is 38.0 Å². The van der Waals surface area contributed by atoms with Crippen LogP contribution in [0.3, 0.4) is 0 Å². The first kappa shape index (κ1) is 25.8. The SMILES string of the molecule is Cc1ccc(C(N)C(=O)N2CCN(CC(=O)Nc3ccc(F)cc3)CC2)cc1.Cl.Cl. The average Bonchev–Trinajstić information content (AvgIpc) is 2.70. The van der Waals surface area contributed by atoms with Crippen LogP contribution in [0.25, 0.3) is 0 Å². The second-order valence-electron chi connectivity index (χ2n) is 7.04. The number of piperazine rings is 1. The maximum Gasteiger partial charge on any atom is 0.244 e. The van der Waals surface area contributed by atoms with Gasteiger partial charge in [0.1, 0.15) is 11.9 Å². The lowest BCUT2D eigenvalue weighted by Crippen LogP contribution is -2.52. The second kappa shape index (κ2) is 11.9. The van der Waals surface area contributed by atoms with E-state index >= 15 is 0 Å². The van der Waals surface area contributed by atoms with E-state index in [-0.39, 0.29) is 49.0 Å². The number of rotatable bonds is 5. The monoisotopic (exact) mass is 456 g/mol. The first-order chi connectivity index (χ1) is 13.4. The molecule has 1 unspecified atom stereocenters. The predicted molar refractivity (Wildman–Crippen MR) is 121 cm³/mol. The summed E-state index contributed by atoms with van der Waals surface area (Å²) >= 11 is 0. The highest BCUT2D eigenvalue weighted by Crippen LogP contribution is 2.16. The Morgan fingerprint density at radius 2 is 1.57 bits per heavy atom. The molecule has 3 rings (SSSR count). The molecule has 2 aromatic carbocycles. The van der Waals surface area contributed by atoms with Crippen LogP contribution in [0.4, 0.5) is 10.1 Å². The number of carbonyl (C=O) groups excluding carboxylic acids is 2. The highest BCUT2D eigenvalue weighted by Gasteiger charge is 2.26. The van der Waals surface area contributed by atoms with E-state index in [0.29, 0.717) is 31.9 Å². The molecule has 0 aromatic heterocycles. The molecule has 1 aliphatic rings. The summed E-state index contributed by atoms with van der Waals surface area (Å²) in [6.45, 7) is 4.48. The van der Waals surface area contributed by atoms with Crippen molar-refractivity contribution in [2.24, 2.45) is 5.73 Å². The number of amides is 2. The van der Waals surface area contributed by atoms with Crippen LogP contribution in [-0.4, -0.2) is 54.3 Å². The van der Waals surface area contributed by atoms with Gasteiger partial charge in [0.2, 0.25) is 11.8 Å². The van der Waals surface area contributed by atoms with Crippen molar-refractivity contribution in [3.05, 3.63) is 65.5 Å². The number of aryl methyl sites for hydroxylation is 1. The zero-order chi connectivity index (χ0) is 20.1. The third-order valence-corrected chi connectivity index (χ3v) is 4.88. The minimum absolute atomic E-state index is 0. The van der Waals surface area contributed by atoms with E-state index in [4.69, 9.17) is 5.73 Å². The molecule has 0 aliphatic carbocycles. The van der Waals surface area contributed by atoms with E-state index in [1.807, 2.05) is 36.1 Å². The van der Waals surface area contributed by atoms with Gasteiger partial charge in [-0.15, -0.1) is 24.8 Å². The van der Waals surface area contributed by atoms with Gasteiger partial charge in [0.05, 0.1) is 6.54 Å². The third-order valence-electron chi connectivity index (χ3n) is 4.88. The molecule has 1 aliphatic heterocycles. The Kier molecular flexibility index (Phi) is 10.2. The van der Waals surface area contributed by atoms with Crippen LogP contribution in [0, 0.1) is 12.7 Å². The molecule has 0 saturated carbocycles. The maximum atomic E-state index is 12.9. The van der Waals surface area contributed by atoms with Crippen LogP contribution in [0.15, 0.2) is 48.5 Å². The average molecular weight is 457 g/mol. The zero-order valence-electron chi connectivity index (χ0n) is 16.7. The van der Waals surface area contributed by atoms with E-state index in [1.165, 1.54) is 24.3 Å². The molecule has 2 aromatic rings. The van der Waals surface area contributed by atoms with Gasteiger partial charge in [-0.25, -0.2) is 4.39 Å². The Balaban J connectivity index is 0.00000225. The summed E-state index contributed by atoms with van der Waals surface area (Å²) in [6.07, 6.45) is 0. The van der Waals surface area contributed by atoms with Crippen LogP contribution in [-0.2, 0) is 9.59 Å². The number of hydrogen-bond acceptors (Lipinski definition) is 4. The molecular weight excluding hydrogens is 430 g/mol. The van der Waals surface area contributed by atoms with Gasteiger partial charge in [0.15, 0.2) is 0 Å². The molecule has 164 valence electrons. The minimum atomic E-state index is -0.672. The first-order valence-corrected chi connectivity index (χ1v) is 9.31. The first-order valence-electron chi connectivity index (χ1n) is 9.31. The number of nitrogens with two attached hydrogens (primary N) is 1. The molecular formula is C21H27Cl2FN4O2. The lowest BCUT2D eigenvalue weighted by atomic mass is 10.0. The molecule has 6 nitrogen and oxygen atoms in total. The van der Waals surface area contributed by atoms with E-state index in [2.05, 4.69) is 5.32 Å². The number of hydrogen-bond donors (Lipinski definition) is 2. The Bertz CT molecular complexity index is 826. The Morgan fingerprint density at radius 3 is 2.13 bits per heavy atom. The Hall–Kier alpha value is -2.19. The van der Waals surface area contributed by atoms with Gasteiger partial charge in [-0.3, -0.25) is 14.5 Å². The second-order valence-corrected chi connectivity index (χ2v) is 7.04. The van der Waals surface area contributed by atoms with Crippen molar-refractivity contribution in [3.63, 3.8) is 0 Å². The largest absolute Gasteiger partial charge is 0.338 e. The summed E-state index contributed by atoms with van der Waals surface area (Å²) < 4.78 is 12.9. The summed E-state index contributed by atoms with van der Waals surface area (Å²) in [7, 11) is 0. The number of halogens is 3. The van der Waals surface area contributed by atoms with Gasteiger partial charge in [0.25, 0.3) is 0 Å². The van der Waals surface area contributed by atoms with E-state index < -0.39 is 6.04 Å². The van der Waals surface area contributed by atoms with Crippen LogP contribution in [0.1, 0.15) is 17.2 Å². The van der Waals surface area contributed by atoms with Crippen LogP contribution in [0.5, 0.6) is 0 Å². The van der Waals surface area contributed by atoms with Crippen LogP contribution in [0.2, 0.25) is 0 Å². The fraction of sp³-hybridized carbons (Fsp3) is 0.333. The van der Waals surface area contributed by atoms with Crippen molar-refractivity contribution in [1.29, 1.82) is 0 Å². The summed E-state index contributed by atoms with van der Waals surface area (Å²) in [5.74, 6) is -0.607. The quantitative estimate of drug-likeness (QED) is 0.724. The molecule has 2 amide bonds. The number of nitrogens with zero attached hydrogens (tertiary/aromatic N) is 2. The minimum Gasteiger partial charge on any atom is -0.338 e. The fourth-order valence-corrected chi connectivity index (χ4v) is 3.18. The molecule has 0 radical (unpaired) electrons. The summed E-state index contributed by atoms with van der Waals surface area (Å²) in [5.41, 5.74) is 8.62. The molecule has 30 heavy (non-hydrogen) atoms. The molecule has 1 atom stereocenters. The summed E-state index contributed by atoms with van der Waals surface area (Å²) in [5, 5.41) is 2.75. The summed E-state index contributed by atoms with van der Waals surface area (Å²) in [6, 6.07) is 12.6. The van der Waals surface area contributed by atoms with Crippen molar-refractivity contribution in [3.8, 4) is 0 Å². The number of anilines is 1. The smallest absolute Gasteiger partial charge is 0.244 e. The normalized spacial score (nSPS) is 14.8. The van der Waals surface area contributed by atoms with Gasteiger partial charge in [0, 0.05) is 31.9 Å². The van der Waals surface area contributed by atoms with Crippen LogP contribution < -0.4 is 11.1 Å². The van der Waals surface area contributed by atoms with E-state index in [9.17, 15) is 14.0 Å². The molecule has 9 heteroatoms. The van der Waals surface area contributed by atoms with E-state index in [1.54, 1.807) is 4.90 Å². The zero-order valence-corrected chi connectivity index (χ0v) is 18.3.